The summed E-state index contributed by atoms with van der Waals surface area (Å²) < 4.78 is 0. The second-order valence-corrected chi connectivity index (χ2v) is 18.4. The van der Waals surface area contributed by atoms with Crippen LogP contribution in [0, 0.1) is 0 Å². The average molecular weight is 753 g/mol. The van der Waals surface area contributed by atoms with E-state index in [9.17, 15) is 0 Å². The molecule has 12 rings (SSSR count). The van der Waals surface area contributed by atoms with E-state index in [0.29, 0.717) is 11.8 Å². The Kier molecular flexibility index (Phi) is 7.59. The van der Waals surface area contributed by atoms with E-state index in [-0.39, 0.29) is 12.1 Å². The number of anilines is 4. The van der Waals surface area contributed by atoms with Gasteiger partial charge in [-0.15, -0.1) is 0 Å². The molecule has 2 nitrogen and oxygen atoms in total. The number of benzene rings is 5. The summed E-state index contributed by atoms with van der Waals surface area (Å²) in [6, 6.07) is 44.1. The minimum absolute atomic E-state index is 0.200. The van der Waals surface area contributed by atoms with Crippen LogP contribution >= 0.6 is 11.8 Å². The topological polar surface area (TPSA) is 6.48 Å². The molecule has 5 aromatic carbocycles. The molecule has 0 saturated carbocycles. The first-order chi connectivity index (χ1) is 27.8. The molecular formula is C52H40N2SSi. The average Bonchev–Trinajstić information content (AvgIpc) is 3.93. The maximum absolute atomic E-state index is 2.62. The van der Waals surface area contributed by atoms with Gasteiger partial charge < -0.3 is 9.80 Å². The Morgan fingerprint density at radius 2 is 1.61 bits per heavy atom. The van der Waals surface area contributed by atoms with E-state index in [1.165, 1.54) is 66.6 Å². The molecule has 0 saturated heterocycles. The van der Waals surface area contributed by atoms with Gasteiger partial charge in [0.25, 0.3) is 0 Å². The lowest BCUT2D eigenvalue weighted by molar-refractivity contribution is 0.744. The fourth-order valence-electron chi connectivity index (χ4n) is 10.3. The summed E-state index contributed by atoms with van der Waals surface area (Å²) in [5, 5.41) is 3.18. The normalized spacial score (nSPS) is 23.3. The first-order valence-electron chi connectivity index (χ1n) is 20.2. The first-order valence-corrected chi connectivity index (χ1v) is 22.0. The number of hydrogen-bond donors (Lipinski definition) is 0. The molecule has 0 amide bonds. The van der Waals surface area contributed by atoms with Crippen molar-refractivity contribution in [2.45, 2.75) is 54.5 Å². The zero-order chi connectivity index (χ0) is 36.7. The van der Waals surface area contributed by atoms with Gasteiger partial charge in [0.15, 0.2) is 0 Å². The number of nitrogens with zero attached hydrogens (tertiary/aromatic N) is 2. The molecular weight excluding hydrogens is 713 g/mol. The highest BCUT2D eigenvalue weighted by Gasteiger charge is 2.40. The Labute approximate surface area is 336 Å². The molecule has 3 heterocycles. The van der Waals surface area contributed by atoms with Gasteiger partial charge >= 0.3 is 0 Å². The highest BCUT2D eigenvalue weighted by atomic mass is 32.2. The van der Waals surface area contributed by atoms with Gasteiger partial charge in [-0.05, 0) is 119 Å². The minimum atomic E-state index is 0.200. The summed E-state index contributed by atoms with van der Waals surface area (Å²) >= 11 is 2.02. The molecule has 2 radical (unpaired) electrons. The van der Waals surface area contributed by atoms with Crippen LogP contribution in [0.4, 0.5) is 22.7 Å². The molecule has 0 N–H and O–H groups in total. The van der Waals surface area contributed by atoms with Crippen molar-refractivity contribution in [3.63, 3.8) is 0 Å². The second-order valence-electron chi connectivity index (χ2n) is 15.9. The predicted octanol–water partition coefficient (Wildman–Crippen LogP) is 12.9. The lowest BCUT2D eigenvalue weighted by atomic mass is 9.85. The summed E-state index contributed by atoms with van der Waals surface area (Å²) in [7, 11) is 0.742. The van der Waals surface area contributed by atoms with Crippen molar-refractivity contribution < 1.29 is 0 Å². The third-order valence-corrected chi connectivity index (χ3v) is 15.7. The lowest BCUT2D eigenvalue weighted by Gasteiger charge is -2.35. The van der Waals surface area contributed by atoms with Crippen molar-refractivity contribution >= 4 is 50.1 Å². The fraction of sp³-hybridized carbons (Fsp3) is 0.154. The van der Waals surface area contributed by atoms with Crippen LogP contribution < -0.4 is 9.80 Å². The number of fused-ring (bicyclic) bond motifs is 9. The van der Waals surface area contributed by atoms with E-state index in [2.05, 4.69) is 180 Å². The van der Waals surface area contributed by atoms with Gasteiger partial charge in [-0.25, -0.2) is 0 Å². The summed E-state index contributed by atoms with van der Waals surface area (Å²) in [4.78, 5) is 8.18. The Morgan fingerprint density at radius 3 is 2.55 bits per heavy atom. The molecule has 4 heteroatoms. The number of hydrogen-bond acceptors (Lipinski definition) is 3. The molecule has 4 aliphatic carbocycles. The van der Waals surface area contributed by atoms with Gasteiger partial charge in [-0.1, -0.05) is 144 Å². The zero-order valence-corrected chi connectivity index (χ0v) is 32.9. The van der Waals surface area contributed by atoms with Crippen LogP contribution in [-0.2, 0) is 6.42 Å². The maximum Gasteiger partial charge on any atom is 0.117 e. The number of allylic oxidation sites excluding steroid dienone is 9. The standard InChI is InChI=1S/C52H40N2SSi/c1-2-15-39-33(11-1)12-10-19-40(39)34-13-9-14-37(31-34)53(35-23-25-36(26-24-35)54-46-20-6-3-16-41(46)42-17-4-7-21-47(42)54)38-27-28-45-50(32-38)56-49-30-29-44-43-18-5-8-22-48(43)55-52(44)51(45)49/h2-10,12-28,30-31,38,41,44,46H,1,11,29,32H2. The summed E-state index contributed by atoms with van der Waals surface area (Å²) in [6.45, 7) is 0. The van der Waals surface area contributed by atoms with Crippen molar-refractivity contribution in [2.75, 3.05) is 9.80 Å². The number of thioether (sulfide) groups is 1. The fourth-order valence-corrected chi connectivity index (χ4v) is 13.4. The molecule has 0 aromatic heterocycles. The van der Waals surface area contributed by atoms with Crippen LogP contribution in [0.1, 0.15) is 53.4 Å². The summed E-state index contributed by atoms with van der Waals surface area (Å²) in [5.41, 5.74) is 16.4. The van der Waals surface area contributed by atoms with Crippen molar-refractivity contribution in [3.05, 3.63) is 213 Å². The summed E-state index contributed by atoms with van der Waals surface area (Å²) in [6.07, 6.45) is 25.7. The molecule has 56 heavy (non-hydrogen) atoms. The first kappa shape index (κ1) is 32.7. The Morgan fingerprint density at radius 1 is 0.750 bits per heavy atom. The van der Waals surface area contributed by atoms with E-state index in [1.54, 1.807) is 20.9 Å². The smallest absolute Gasteiger partial charge is 0.117 e. The third-order valence-electron chi connectivity index (χ3n) is 12.9. The predicted molar refractivity (Wildman–Crippen MR) is 236 cm³/mol. The lowest BCUT2D eigenvalue weighted by Crippen LogP contribution is -2.32. The Bertz CT molecular complexity index is 2690. The highest BCUT2D eigenvalue weighted by molar-refractivity contribution is 8.03. The molecule has 268 valence electrons. The Balaban J connectivity index is 0.936. The maximum atomic E-state index is 2.62. The van der Waals surface area contributed by atoms with Crippen molar-refractivity contribution in [3.8, 4) is 11.1 Å². The molecule has 4 unspecified atom stereocenters. The van der Waals surface area contributed by atoms with E-state index in [1.807, 2.05) is 11.8 Å². The molecule has 0 fully saturated rings. The molecule has 4 atom stereocenters. The minimum Gasteiger partial charge on any atom is -0.334 e. The van der Waals surface area contributed by atoms with Gasteiger partial charge in [-0.3, -0.25) is 0 Å². The Hall–Kier alpha value is -5.55. The van der Waals surface area contributed by atoms with Gasteiger partial charge in [-0.2, -0.15) is 0 Å². The van der Waals surface area contributed by atoms with Crippen LogP contribution in [0.15, 0.2) is 195 Å². The SMILES string of the molecule is C1=CC2c3ccccc3N(c3ccc(N(c4cccc(-c5cccc6c5C=CCC6)c4)C4C=CC5=C(C4)[Si]C4=CCC6C(=C45)Sc4ccccc46)cc3)C2C=C1. The highest BCUT2D eigenvalue weighted by Crippen LogP contribution is 2.58. The van der Waals surface area contributed by atoms with Crippen LogP contribution in [0.5, 0.6) is 0 Å². The van der Waals surface area contributed by atoms with Gasteiger partial charge in [0.1, 0.15) is 9.52 Å². The molecule has 5 aromatic rings. The van der Waals surface area contributed by atoms with E-state index < -0.39 is 0 Å². The van der Waals surface area contributed by atoms with Gasteiger partial charge in [0.05, 0.1) is 12.1 Å². The van der Waals surface area contributed by atoms with Crippen LogP contribution in [0.3, 0.4) is 0 Å². The van der Waals surface area contributed by atoms with Gasteiger partial charge in [0.2, 0.25) is 0 Å². The summed E-state index contributed by atoms with van der Waals surface area (Å²) in [5.74, 6) is 0.879. The largest absolute Gasteiger partial charge is 0.334 e. The van der Waals surface area contributed by atoms with Crippen LogP contribution in [-0.4, -0.2) is 21.6 Å². The number of para-hydroxylation sites is 1. The van der Waals surface area contributed by atoms with Crippen LogP contribution in [0.2, 0.25) is 0 Å². The molecule has 0 bridgehead atoms. The molecule has 3 aliphatic heterocycles. The van der Waals surface area contributed by atoms with Crippen molar-refractivity contribution in [2.24, 2.45) is 0 Å². The van der Waals surface area contributed by atoms with Crippen molar-refractivity contribution in [1.29, 1.82) is 0 Å². The zero-order valence-electron chi connectivity index (χ0n) is 31.1. The monoisotopic (exact) mass is 752 g/mol. The van der Waals surface area contributed by atoms with E-state index in [0.717, 1.165) is 35.2 Å². The number of aryl methyl sites for hydroxylation is 1. The quantitative estimate of drug-likeness (QED) is 0.165. The van der Waals surface area contributed by atoms with E-state index in [4.69, 9.17) is 0 Å². The van der Waals surface area contributed by atoms with Gasteiger partial charge in [0, 0.05) is 44.4 Å². The van der Waals surface area contributed by atoms with E-state index >= 15 is 0 Å². The number of rotatable bonds is 5. The van der Waals surface area contributed by atoms with Crippen LogP contribution in [0.25, 0.3) is 17.2 Å². The molecule has 7 aliphatic rings. The third kappa shape index (κ3) is 5.09. The second kappa shape index (κ2) is 13.0. The van der Waals surface area contributed by atoms with Crippen molar-refractivity contribution in [1.82, 2.24) is 0 Å². The molecule has 0 spiro atoms.